The number of nitrogens with one attached hydrogen (secondary N) is 2. The maximum absolute atomic E-state index is 14.0. The summed E-state index contributed by atoms with van der Waals surface area (Å²) in [6.45, 7) is 3.99. The molecule has 1 saturated carbocycles. The number of nitrogens with two attached hydrogens (primary N) is 2. The van der Waals surface area contributed by atoms with Gasteiger partial charge in [0, 0.05) is 19.7 Å². The van der Waals surface area contributed by atoms with Gasteiger partial charge in [0.1, 0.15) is 18.7 Å². The van der Waals surface area contributed by atoms with Crippen molar-refractivity contribution in [1.82, 2.24) is 15.5 Å². The number of aliphatic hydroxyl groups is 2. The predicted octanol–water partition coefficient (Wildman–Crippen LogP) is -3.20. The Hall–Kier alpha value is -2.83. The van der Waals surface area contributed by atoms with Gasteiger partial charge in [0.2, 0.25) is 11.8 Å². The summed E-state index contributed by atoms with van der Waals surface area (Å²) < 4.78 is 41.8. The molecule has 0 spiro atoms. The molecule has 0 bridgehead atoms. The molecular weight excluding hydrogens is 576 g/mol. The first kappa shape index (κ1) is 33.7. The molecule has 238 valence electrons. The minimum Gasteiger partial charge on any atom is -0.390 e. The number of carbonyl (C=O) groups is 3. The van der Waals surface area contributed by atoms with E-state index in [1.165, 1.54) is 4.90 Å². The van der Waals surface area contributed by atoms with Gasteiger partial charge >= 0.3 is 16.4 Å². The summed E-state index contributed by atoms with van der Waals surface area (Å²) >= 11 is 0. The van der Waals surface area contributed by atoms with E-state index < -0.39 is 77.1 Å². The number of amides is 3. The molecule has 42 heavy (non-hydrogen) atoms. The number of likely N-dealkylation sites (tertiary alicyclic amines) is 1. The van der Waals surface area contributed by atoms with E-state index in [2.05, 4.69) is 14.8 Å². The number of guanidine groups is 1. The molecule has 17 heteroatoms. The van der Waals surface area contributed by atoms with Crippen LogP contribution in [0.25, 0.3) is 0 Å². The zero-order valence-electron chi connectivity index (χ0n) is 24.0. The Kier molecular flexibility index (Phi) is 11.3. The van der Waals surface area contributed by atoms with Gasteiger partial charge < -0.3 is 30.5 Å². The first-order valence-electron chi connectivity index (χ1n) is 13.8. The van der Waals surface area contributed by atoms with Crippen molar-refractivity contribution in [2.75, 3.05) is 33.4 Å². The summed E-state index contributed by atoms with van der Waals surface area (Å²) in [4.78, 5) is 41.8. The molecule has 16 nitrogen and oxygen atoms in total. The van der Waals surface area contributed by atoms with E-state index in [0.717, 1.165) is 12.7 Å². The van der Waals surface area contributed by atoms with Crippen molar-refractivity contribution in [3.05, 3.63) is 11.6 Å². The number of methoxy groups -OCH3 is 1. The molecule has 2 aliphatic heterocycles. The Morgan fingerprint density at radius 3 is 2.40 bits per heavy atom. The van der Waals surface area contributed by atoms with Crippen LogP contribution in [-0.2, 0) is 33.7 Å². The summed E-state index contributed by atoms with van der Waals surface area (Å²) in [6.07, 6.45) is -0.475. The second-order valence-corrected chi connectivity index (χ2v) is 12.4. The number of ether oxygens (including phenoxy) is 1. The lowest BCUT2D eigenvalue weighted by molar-refractivity contribution is -0.503. The normalized spacial score (nSPS) is 27.3. The third kappa shape index (κ3) is 8.38. The molecule has 9 N–H and O–H groups in total. The lowest BCUT2D eigenvalue weighted by Crippen LogP contribution is -2.60. The van der Waals surface area contributed by atoms with Crippen LogP contribution in [0.5, 0.6) is 0 Å². The van der Waals surface area contributed by atoms with Crippen molar-refractivity contribution < 1.29 is 51.1 Å². The van der Waals surface area contributed by atoms with Crippen molar-refractivity contribution in [3.63, 3.8) is 0 Å². The van der Waals surface area contributed by atoms with Gasteiger partial charge in [0.15, 0.2) is 6.10 Å². The van der Waals surface area contributed by atoms with Crippen LogP contribution in [0.4, 0.5) is 0 Å². The fraction of sp³-hybridized carbons (Fsp3) is 0.760. The van der Waals surface area contributed by atoms with Crippen LogP contribution in [0.15, 0.2) is 11.6 Å². The average Bonchev–Trinajstić information content (AvgIpc) is 3.52. The minimum absolute atomic E-state index is 0.0583. The number of rotatable bonds is 12. The highest BCUT2D eigenvalue weighted by atomic mass is 32.3. The van der Waals surface area contributed by atoms with Gasteiger partial charge in [-0.3, -0.25) is 35.0 Å². The van der Waals surface area contributed by atoms with Crippen LogP contribution >= 0.6 is 0 Å². The van der Waals surface area contributed by atoms with Crippen LogP contribution in [-0.4, -0.2) is 126 Å². The van der Waals surface area contributed by atoms with Crippen molar-refractivity contribution in [2.45, 2.75) is 76.0 Å². The fourth-order valence-electron chi connectivity index (χ4n) is 5.77. The maximum Gasteiger partial charge on any atom is 0.397 e. The quantitative estimate of drug-likeness (QED) is 0.0494. The zero-order valence-corrected chi connectivity index (χ0v) is 24.8. The van der Waals surface area contributed by atoms with E-state index in [1.807, 2.05) is 6.08 Å². The van der Waals surface area contributed by atoms with Crippen molar-refractivity contribution in [3.8, 4) is 0 Å². The molecule has 3 rings (SSSR count). The van der Waals surface area contributed by atoms with Gasteiger partial charge in [0.25, 0.3) is 5.91 Å². The van der Waals surface area contributed by atoms with Gasteiger partial charge in [0.05, 0.1) is 25.3 Å². The Labute approximate surface area is 245 Å². The summed E-state index contributed by atoms with van der Waals surface area (Å²) in [7, 11) is -3.71. The topological polar surface area (TPSA) is 247 Å². The lowest BCUT2D eigenvalue weighted by atomic mass is 9.81. The molecule has 2 heterocycles. The second-order valence-electron chi connectivity index (χ2n) is 11.3. The second kappa shape index (κ2) is 14.1. The first-order valence-corrected chi connectivity index (χ1v) is 15.2. The van der Waals surface area contributed by atoms with Crippen molar-refractivity contribution in [2.24, 2.45) is 23.3 Å². The third-order valence-corrected chi connectivity index (χ3v) is 8.51. The molecular formula is C25H43N6O10S+. The molecule has 0 radical (unpaired) electrons. The van der Waals surface area contributed by atoms with Crippen LogP contribution < -0.4 is 22.1 Å². The highest BCUT2D eigenvalue weighted by Crippen LogP contribution is 2.40. The maximum atomic E-state index is 14.0. The summed E-state index contributed by atoms with van der Waals surface area (Å²) in [5.74, 6) is -2.33. The number of nitrogens with zero attached hydrogens (tertiary/aromatic N) is 2. The van der Waals surface area contributed by atoms with Crippen molar-refractivity contribution >= 4 is 34.1 Å². The van der Waals surface area contributed by atoms with Gasteiger partial charge in [-0.25, -0.2) is 4.18 Å². The van der Waals surface area contributed by atoms with Gasteiger partial charge in [-0.1, -0.05) is 13.8 Å². The van der Waals surface area contributed by atoms with Crippen LogP contribution in [0, 0.1) is 11.8 Å². The van der Waals surface area contributed by atoms with E-state index in [-0.39, 0.29) is 31.1 Å². The first-order chi connectivity index (χ1) is 19.6. The Morgan fingerprint density at radius 1 is 1.17 bits per heavy atom. The zero-order chi connectivity index (χ0) is 31.4. The smallest absolute Gasteiger partial charge is 0.390 e. The average molecular weight is 620 g/mol. The standard InChI is InChI=1S/C25H42N6O10S/c1-13(2)21(29-23(35)20(40-3)12-41-42(37,38)39)24(36)31-16-10-19(33)18(32)9-15(16)8-17(31)22(34)28-6-4-14-5-7-30(11-14)25(26)27/h5,13,15-21,32-33H,4,6-12H2,1-3H3,(H6,26,27,28,29,34,35,37,38,39)/p+1/t15-,16+,17+,18+,19+,20?,21?/m1/s1. The number of hydrogen-bond donors (Lipinski definition) is 7. The molecule has 2 unspecified atom stereocenters. The summed E-state index contributed by atoms with van der Waals surface area (Å²) in [5, 5.41) is 26.1. The van der Waals surface area contributed by atoms with Gasteiger partial charge in [-0.2, -0.15) is 8.42 Å². The number of carbonyl (C=O) groups excluding carboxylic acids is 3. The van der Waals surface area contributed by atoms with E-state index in [0.29, 0.717) is 26.1 Å². The molecule has 0 aromatic heterocycles. The Balaban J connectivity index is 1.76. The predicted molar refractivity (Wildman–Crippen MR) is 148 cm³/mol. The van der Waals surface area contributed by atoms with Gasteiger partial charge in [-0.05, 0) is 49.2 Å². The van der Waals surface area contributed by atoms with E-state index in [4.69, 9.17) is 20.8 Å². The largest absolute Gasteiger partial charge is 0.397 e. The summed E-state index contributed by atoms with van der Waals surface area (Å²) in [6, 6.07) is -2.61. The number of hydrogen-bond acceptors (Lipinski definition) is 9. The number of aliphatic hydroxyl groups excluding tert-OH is 2. The SMILES string of the molecule is COC(COS(=O)(=O)O)C(=O)NC(C(=O)N1[C@H](C(=O)NCCC2=CC[N+](=C(N)N)C2)C[C@@H]2C[C@H](O)[C@@H](O)C[C@@H]21)C(C)C. The Morgan fingerprint density at radius 2 is 1.83 bits per heavy atom. The molecule has 0 aromatic rings. The minimum atomic E-state index is -4.84. The highest BCUT2D eigenvalue weighted by molar-refractivity contribution is 7.80. The molecule has 3 amide bonds. The molecule has 7 atom stereocenters. The van der Waals surface area contributed by atoms with E-state index in [1.54, 1.807) is 18.4 Å². The third-order valence-electron chi connectivity index (χ3n) is 8.07. The summed E-state index contributed by atoms with van der Waals surface area (Å²) in [5.41, 5.74) is 12.3. The molecule has 1 saturated heterocycles. The highest BCUT2D eigenvalue weighted by Gasteiger charge is 2.52. The molecule has 1 aliphatic carbocycles. The fourth-order valence-corrected chi connectivity index (χ4v) is 6.07. The monoisotopic (exact) mass is 619 g/mol. The van der Waals surface area contributed by atoms with Crippen LogP contribution in [0.2, 0.25) is 0 Å². The molecule has 3 aliphatic rings. The van der Waals surface area contributed by atoms with Crippen LogP contribution in [0.1, 0.15) is 39.5 Å². The van der Waals surface area contributed by atoms with E-state index >= 15 is 0 Å². The van der Waals surface area contributed by atoms with E-state index in [9.17, 15) is 33.0 Å². The van der Waals surface area contributed by atoms with Gasteiger partial charge in [-0.15, -0.1) is 0 Å². The van der Waals surface area contributed by atoms with Crippen molar-refractivity contribution in [1.29, 1.82) is 0 Å². The Bertz CT molecular complexity index is 1190. The lowest BCUT2D eigenvalue weighted by Gasteiger charge is -2.39. The van der Waals surface area contributed by atoms with Crippen LogP contribution in [0.3, 0.4) is 0 Å². The molecule has 0 aromatic carbocycles. The molecule has 2 fully saturated rings. The number of fused-ring (bicyclic) bond motifs is 1.